The molecule has 0 aliphatic rings. The molecule has 0 atom stereocenters. The van der Waals surface area contributed by atoms with Crippen LogP contribution in [0.2, 0.25) is 0 Å². The molecular formula is C32H66N4O4. The minimum absolute atomic E-state index is 0.0453. The minimum Gasteiger partial charge on any atom is -0.395 e. The van der Waals surface area contributed by atoms with Crippen LogP contribution in [0.25, 0.3) is 0 Å². The summed E-state index contributed by atoms with van der Waals surface area (Å²) in [5.74, 6) is 0.0970. The summed E-state index contributed by atoms with van der Waals surface area (Å²) >= 11 is 0. The topological polar surface area (TPSA) is 105 Å². The Kier molecular flexibility index (Phi) is 29.8. The van der Waals surface area contributed by atoms with E-state index in [9.17, 15) is 14.7 Å². The van der Waals surface area contributed by atoms with Gasteiger partial charge in [0.05, 0.1) is 13.2 Å². The number of aliphatic hydroxyl groups is 2. The maximum absolute atomic E-state index is 13.0. The van der Waals surface area contributed by atoms with Gasteiger partial charge in [-0.25, -0.2) is 0 Å². The number of carbonyl (C=O) groups is 2. The smallest absolute Gasteiger partial charge is 0.224 e. The highest BCUT2D eigenvalue weighted by Crippen LogP contribution is 2.12. The van der Waals surface area contributed by atoms with Crippen molar-refractivity contribution >= 4 is 11.8 Å². The van der Waals surface area contributed by atoms with E-state index in [1.807, 2.05) is 9.80 Å². The predicted molar refractivity (Wildman–Crippen MR) is 168 cm³/mol. The molecule has 0 rings (SSSR count). The Bertz CT molecular complexity index is 545. The zero-order valence-corrected chi connectivity index (χ0v) is 26.4. The molecule has 0 aromatic heterocycles. The van der Waals surface area contributed by atoms with E-state index >= 15 is 0 Å². The molecule has 8 heteroatoms. The quantitative estimate of drug-likeness (QED) is 0.0887. The van der Waals surface area contributed by atoms with Gasteiger partial charge in [-0.1, -0.05) is 104 Å². The van der Waals surface area contributed by atoms with Crippen molar-refractivity contribution < 1.29 is 19.8 Å². The minimum atomic E-state index is -0.0586. The number of unbranched alkanes of at least 4 members (excludes halogenated alkanes) is 14. The van der Waals surface area contributed by atoms with E-state index < -0.39 is 0 Å². The maximum Gasteiger partial charge on any atom is 0.224 e. The summed E-state index contributed by atoms with van der Waals surface area (Å²) in [6.07, 6.45) is 20.9. The van der Waals surface area contributed by atoms with Gasteiger partial charge in [-0.15, -0.1) is 0 Å². The number of nitrogens with zero attached hydrogens (tertiary/aromatic N) is 2. The molecular weight excluding hydrogens is 504 g/mol. The van der Waals surface area contributed by atoms with E-state index in [1.54, 1.807) is 0 Å². The number of hydrogen-bond acceptors (Lipinski definition) is 6. The van der Waals surface area contributed by atoms with Gasteiger partial charge in [-0.2, -0.15) is 0 Å². The fourth-order valence-corrected chi connectivity index (χ4v) is 4.97. The van der Waals surface area contributed by atoms with Crippen LogP contribution in [0.4, 0.5) is 0 Å². The van der Waals surface area contributed by atoms with Crippen molar-refractivity contribution in [1.82, 2.24) is 20.4 Å². The van der Waals surface area contributed by atoms with Crippen LogP contribution >= 0.6 is 0 Å². The summed E-state index contributed by atoms with van der Waals surface area (Å²) in [6.45, 7) is 9.69. The lowest BCUT2D eigenvalue weighted by Crippen LogP contribution is -2.38. The fourth-order valence-electron chi connectivity index (χ4n) is 4.97. The lowest BCUT2D eigenvalue weighted by atomic mass is 10.1. The molecule has 0 spiro atoms. The Morgan fingerprint density at radius 2 is 1.07 bits per heavy atom. The van der Waals surface area contributed by atoms with Crippen LogP contribution in [0, 0.1) is 0 Å². The lowest BCUT2D eigenvalue weighted by molar-refractivity contribution is -0.131. The van der Waals surface area contributed by atoms with E-state index in [2.05, 4.69) is 24.5 Å². The number of aliphatic hydroxyl groups excluding tert-OH is 2. The van der Waals surface area contributed by atoms with Gasteiger partial charge < -0.3 is 25.7 Å². The van der Waals surface area contributed by atoms with Crippen LogP contribution < -0.4 is 10.6 Å². The third kappa shape index (κ3) is 25.7. The number of rotatable bonds is 31. The average Bonchev–Trinajstić information content (AvgIpc) is 2.95. The number of amides is 2. The van der Waals surface area contributed by atoms with Crippen molar-refractivity contribution in [2.45, 2.75) is 129 Å². The molecule has 0 unspecified atom stereocenters. The van der Waals surface area contributed by atoms with Gasteiger partial charge in [-0.05, 0) is 12.8 Å². The first kappa shape index (κ1) is 38.8. The Morgan fingerprint density at radius 3 is 1.57 bits per heavy atom. The Hall–Kier alpha value is -1.22. The van der Waals surface area contributed by atoms with Crippen molar-refractivity contribution in [2.75, 3.05) is 65.6 Å². The van der Waals surface area contributed by atoms with Crippen LogP contribution in [0.1, 0.15) is 129 Å². The summed E-state index contributed by atoms with van der Waals surface area (Å²) in [6, 6.07) is 0. The molecule has 8 nitrogen and oxygen atoms in total. The highest BCUT2D eigenvalue weighted by Gasteiger charge is 2.14. The van der Waals surface area contributed by atoms with Crippen molar-refractivity contribution in [1.29, 1.82) is 0 Å². The molecule has 4 N–H and O–H groups in total. The van der Waals surface area contributed by atoms with Crippen LogP contribution in [0.15, 0.2) is 0 Å². The molecule has 40 heavy (non-hydrogen) atoms. The first-order valence-electron chi connectivity index (χ1n) is 16.8. The van der Waals surface area contributed by atoms with Crippen molar-refractivity contribution in [3.8, 4) is 0 Å². The van der Waals surface area contributed by atoms with Crippen LogP contribution in [0.3, 0.4) is 0 Å². The normalized spacial score (nSPS) is 11.3. The standard InChI is InChI=1S/C32H66N4O4/c1-3-5-7-9-11-13-15-17-24-36(25-18-16-14-12-10-8-6-4-2)32(40)19-21-34-31(39)20-26-35(28-30-38)27-22-33-23-29-37/h33,37-38H,3-30H2,1-2H3,(H,34,39). The van der Waals surface area contributed by atoms with E-state index in [-0.39, 0.29) is 25.0 Å². The highest BCUT2D eigenvalue weighted by atomic mass is 16.3. The second kappa shape index (κ2) is 30.7. The number of carbonyl (C=O) groups excluding carboxylic acids is 2. The number of nitrogens with one attached hydrogen (secondary N) is 2. The molecule has 0 bridgehead atoms. The second-order valence-electron chi connectivity index (χ2n) is 11.2. The Balaban J connectivity index is 4.38. The molecule has 0 saturated carbocycles. The van der Waals surface area contributed by atoms with Crippen LogP contribution in [-0.4, -0.2) is 97.4 Å². The largest absolute Gasteiger partial charge is 0.395 e. The van der Waals surface area contributed by atoms with Crippen LogP contribution in [-0.2, 0) is 9.59 Å². The highest BCUT2D eigenvalue weighted by molar-refractivity contribution is 5.79. The molecule has 238 valence electrons. The van der Waals surface area contributed by atoms with Gasteiger partial charge in [0.25, 0.3) is 0 Å². The summed E-state index contributed by atoms with van der Waals surface area (Å²) in [4.78, 5) is 29.5. The summed E-state index contributed by atoms with van der Waals surface area (Å²) < 4.78 is 0. The van der Waals surface area contributed by atoms with Gasteiger partial charge in [-0.3, -0.25) is 14.5 Å². The Labute approximate surface area is 247 Å². The third-order valence-electron chi connectivity index (χ3n) is 7.54. The van der Waals surface area contributed by atoms with Crippen molar-refractivity contribution in [3.05, 3.63) is 0 Å². The molecule has 0 aliphatic heterocycles. The molecule has 0 heterocycles. The maximum atomic E-state index is 13.0. The first-order chi connectivity index (χ1) is 19.6. The van der Waals surface area contributed by atoms with E-state index in [1.165, 1.54) is 89.9 Å². The van der Waals surface area contributed by atoms with Gasteiger partial charge in [0.15, 0.2) is 0 Å². The SMILES string of the molecule is CCCCCCCCCCN(CCCCCCCCCC)C(=O)CCNC(=O)CCN(CCO)CCNCCO. The van der Waals surface area contributed by atoms with Gasteiger partial charge in [0, 0.05) is 65.2 Å². The third-order valence-corrected chi connectivity index (χ3v) is 7.54. The molecule has 0 aromatic carbocycles. The lowest BCUT2D eigenvalue weighted by Gasteiger charge is -2.23. The zero-order valence-electron chi connectivity index (χ0n) is 26.4. The molecule has 0 aliphatic carbocycles. The first-order valence-corrected chi connectivity index (χ1v) is 16.8. The van der Waals surface area contributed by atoms with E-state index in [0.717, 1.165) is 25.9 Å². The van der Waals surface area contributed by atoms with Gasteiger partial charge in [0.2, 0.25) is 11.8 Å². The summed E-state index contributed by atoms with van der Waals surface area (Å²) in [7, 11) is 0. The monoisotopic (exact) mass is 571 g/mol. The average molecular weight is 571 g/mol. The van der Waals surface area contributed by atoms with E-state index in [4.69, 9.17) is 5.11 Å². The van der Waals surface area contributed by atoms with Crippen molar-refractivity contribution in [2.24, 2.45) is 0 Å². The summed E-state index contributed by atoms with van der Waals surface area (Å²) in [5, 5.41) is 24.2. The summed E-state index contributed by atoms with van der Waals surface area (Å²) in [5.41, 5.74) is 0. The van der Waals surface area contributed by atoms with Crippen molar-refractivity contribution in [3.63, 3.8) is 0 Å². The molecule has 0 aromatic rings. The molecule has 0 fully saturated rings. The Morgan fingerprint density at radius 1 is 0.550 bits per heavy atom. The predicted octanol–water partition coefficient (Wildman–Crippen LogP) is 4.87. The molecule has 0 radical (unpaired) electrons. The molecule has 2 amide bonds. The zero-order chi connectivity index (χ0) is 29.5. The van der Waals surface area contributed by atoms with Gasteiger partial charge >= 0.3 is 0 Å². The fraction of sp³-hybridized carbons (Fsp3) is 0.938. The number of hydrogen-bond donors (Lipinski definition) is 4. The molecule has 0 saturated heterocycles. The van der Waals surface area contributed by atoms with Gasteiger partial charge in [0.1, 0.15) is 0 Å². The second-order valence-corrected chi connectivity index (χ2v) is 11.2. The van der Waals surface area contributed by atoms with Crippen LogP contribution in [0.5, 0.6) is 0 Å². The van der Waals surface area contributed by atoms with E-state index in [0.29, 0.717) is 52.1 Å².